The fourth-order valence-corrected chi connectivity index (χ4v) is 4.31. The molecule has 1 aliphatic carbocycles. The number of nitrogens with zero attached hydrogens (tertiary/aromatic N) is 1. The van der Waals surface area contributed by atoms with Crippen LogP contribution in [0.4, 0.5) is 10.5 Å². The number of thiophene rings is 1. The summed E-state index contributed by atoms with van der Waals surface area (Å²) in [6.07, 6.45) is 0. The maximum Gasteiger partial charge on any atom is 0.337 e. The van der Waals surface area contributed by atoms with E-state index in [2.05, 4.69) is 26.4 Å². The predicted octanol–water partition coefficient (Wildman–Crippen LogP) is 3.82. The lowest BCUT2D eigenvalue weighted by Crippen LogP contribution is -2.43. The lowest BCUT2D eigenvalue weighted by Gasteiger charge is -2.11. The Labute approximate surface area is 191 Å². The highest BCUT2D eigenvalue weighted by Crippen LogP contribution is 2.43. The average molecular weight is 459 g/mol. The summed E-state index contributed by atoms with van der Waals surface area (Å²) < 4.78 is 5.19. The van der Waals surface area contributed by atoms with Crippen molar-refractivity contribution in [1.29, 1.82) is 0 Å². The quantitative estimate of drug-likeness (QED) is 0.304. The van der Waals surface area contributed by atoms with Gasteiger partial charge >= 0.3 is 6.03 Å². The van der Waals surface area contributed by atoms with Gasteiger partial charge in [-0.15, -0.1) is 11.3 Å². The molecular weight excluding hydrogens is 442 g/mol. The topological polar surface area (TPSA) is 125 Å². The molecule has 164 valence electrons. The fraction of sp³-hybridized carbons (Fsp3) is 0.0435. The normalized spacial score (nSPS) is 11.5. The first-order valence-electron chi connectivity index (χ1n) is 9.88. The molecular formula is C23H17N5O4S. The number of H-pyrrole nitrogens is 1. The van der Waals surface area contributed by atoms with Gasteiger partial charge in [-0.1, -0.05) is 18.2 Å². The van der Waals surface area contributed by atoms with Gasteiger partial charge in [0.2, 0.25) is 0 Å². The van der Waals surface area contributed by atoms with Crippen LogP contribution in [0.3, 0.4) is 0 Å². The number of nitrogens with one attached hydrogen (secondary N) is 4. The van der Waals surface area contributed by atoms with Gasteiger partial charge < -0.3 is 10.1 Å². The molecule has 0 spiro atoms. The Morgan fingerprint density at radius 3 is 2.55 bits per heavy atom. The summed E-state index contributed by atoms with van der Waals surface area (Å²) in [6, 6.07) is 15.1. The summed E-state index contributed by atoms with van der Waals surface area (Å²) in [5, 5.41) is 11.7. The summed E-state index contributed by atoms with van der Waals surface area (Å²) in [7, 11) is 1.58. The SMILES string of the molecule is COc1ccc(-c2n[nH]c3c2C(=O)c2c(NC(=O)NNC(=O)c4cccs4)cccc2-3)cc1. The number of ether oxygens (including phenoxy) is 1. The van der Waals surface area contributed by atoms with E-state index in [0.717, 1.165) is 5.56 Å². The number of hydrazine groups is 1. The van der Waals surface area contributed by atoms with Crippen molar-refractivity contribution in [3.05, 3.63) is 76.0 Å². The molecule has 2 aromatic carbocycles. The molecule has 0 unspecified atom stereocenters. The number of amides is 3. The number of carbonyl (C=O) groups is 3. The third-order valence-electron chi connectivity index (χ3n) is 5.20. The van der Waals surface area contributed by atoms with Gasteiger partial charge in [-0.2, -0.15) is 5.10 Å². The highest BCUT2D eigenvalue weighted by atomic mass is 32.1. The van der Waals surface area contributed by atoms with Crippen LogP contribution in [-0.4, -0.2) is 35.0 Å². The van der Waals surface area contributed by atoms with Crippen molar-refractivity contribution in [3.8, 4) is 28.3 Å². The maximum absolute atomic E-state index is 13.4. The second-order valence-electron chi connectivity index (χ2n) is 7.12. The number of fused-ring (bicyclic) bond motifs is 3. The van der Waals surface area contributed by atoms with Crippen LogP contribution in [0.5, 0.6) is 5.75 Å². The highest BCUT2D eigenvalue weighted by molar-refractivity contribution is 7.12. The summed E-state index contributed by atoms with van der Waals surface area (Å²) in [5.74, 6) is 0.0157. The van der Waals surface area contributed by atoms with Crippen molar-refractivity contribution in [1.82, 2.24) is 21.0 Å². The molecule has 0 radical (unpaired) electrons. The van der Waals surface area contributed by atoms with Crippen LogP contribution >= 0.6 is 11.3 Å². The summed E-state index contributed by atoms with van der Waals surface area (Å²) in [5.41, 5.74) is 8.28. The van der Waals surface area contributed by atoms with Gasteiger partial charge in [0.25, 0.3) is 5.91 Å². The summed E-state index contributed by atoms with van der Waals surface area (Å²) in [4.78, 5) is 38.2. The first-order chi connectivity index (χ1) is 16.1. The molecule has 4 N–H and O–H groups in total. The summed E-state index contributed by atoms with van der Waals surface area (Å²) >= 11 is 1.25. The number of aromatic nitrogens is 2. The molecule has 2 heterocycles. The van der Waals surface area contributed by atoms with E-state index in [1.165, 1.54) is 11.3 Å². The first-order valence-corrected chi connectivity index (χ1v) is 10.8. The van der Waals surface area contributed by atoms with Gasteiger partial charge in [0.15, 0.2) is 5.78 Å². The van der Waals surface area contributed by atoms with Gasteiger partial charge in [0, 0.05) is 11.1 Å². The zero-order chi connectivity index (χ0) is 22.9. The smallest absolute Gasteiger partial charge is 0.337 e. The van der Waals surface area contributed by atoms with Crippen LogP contribution in [0.25, 0.3) is 22.5 Å². The van der Waals surface area contributed by atoms with E-state index in [-0.39, 0.29) is 5.78 Å². The van der Waals surface area contributed by atoms with Crippen LogP contribution < -0.4 is 20.9 Å². The Kier molecular flexibility index (Phi) is 5.11. The molecule has 0 atom stereocenters. The van der Waals surface area contributed by atoms with Crippen LogP contribution in [0.2, 0.25) is 0 Å². The fourth-order valence-electron chi connectivity index (χ4n) is 3.69. The standard InChI is InChI=1S/C23H17N5O4S/c1-32-13-9-7-12(8-10-13)19-18-20(26-25-19)14-4-2-5-15(17(14)21(18)29)24-23(31)28-27-22(30)16-6-3-11-33-16/h2-11H,1H3,(H,25,26)(H,27,30)(H2,24,28,31). The molecule has 0 bridgehead atoms. The number of anilines is 1. The first kappa shape index (κ1) is 20.5. The van der Waals surface area contributed by atoms with E-state index < -0.39 is 11.9 Å². The van der Waals surface area contributed by atoms with Crippen LogP contribution in [0.15, 0.2) is 60.0 Å². The van der Waals surface area contributed by atoms with E-state index in [4.69, 9.17) is 4.74 Å². The van der Waals surface area contributed by atoms with Crippen molar-refractivity contribution in [2.75, 3.05) is 12.4 Å². The molecule has 0 aliphatic heterocycles. The number of carbonyl (C=O) groups excluding carboxylic acids is 3. The average Bonchev–Trinajstić information content (AvgIpc) is 3.57. The van der Waals surface area contributed by atoms with Crippen molar-refractivity contribution in [3.63, 3.8) is 0 Å². The Balaban J connectivity index is 1.38. The molecule has 0 saturated carbocycles. The molecule has 0 saturated heterocycles. The predicted molar refractivity (Wildman–Crippen MR) is 123 cm³/mol. The van der Waals surface area contributed by atoms with Crippen LogP contribution in [0, 0.1) is 0 Å². The number of ketones is 1. The minimum absolute atomic E-state index is 0.252. The Hall–Kier alpha value is -4.44. The van der Waals surface area contributed by atoms with Gasteiger partial charge in [-0.05, 0) is 41.8 Å². The third-order valence-corrected chi connectivity index (χ3v) is 6.07. The van der Waals surface area contributed by atoms with Crippen molar-refractivity contribution in [2.24, 2.45) is 0 Å². The number of rotatable bonds is 4. The lowest BCUT2D eigenvalue weighted by molar-refractivity contribution is 0.0941. The largest absolute Gasteiger partial charge is 0.497 e. The number of methoxy groups -OCH3 is 1. The van der Waals surface area contributed by atoms with Crippen LogP contribution in [0.1, 0.15) is 25.6 Å². The van der Waals surface area contributed by atoms with E-state index in [9.17, 15) is 14.4 Å². The number of benzene rings is 2. The van der Waals surface area contributed by atoms with Gasteiger partial charge in [0.05, 0.1) is 34.5 Å². The zero-order valence-corrected chi connectivity index (χ0v) is 18.1. The Morgan fingerprint density at radius 2 is 1.82 bits per heavy atom. The second-order valence-corrected chi connectivity index (χ2v) is 8.07. The maximum atomic E-state index is 13.4. The van der Waals surface area contributed by atoms with E-state index in [1.54, 1.807) is 55.0 Å². The number of hydrogen-bond acceptors (Lipinski definition) is 6. The molecule has 9 nitrogen and oxygen atoms in total. The lowest BCUT2D eigenvalue weighted by atomic mass is 10.0. The minimum atomic E-state index is -0.676. The minimum Gasteiger partial charge on any atom is -0.497 e. The van der Waals surface area contributed by atoms with Crippen molar-refractivity contribution >= 4 is 34.7 Å². The number of hydrogen-bond donors (Lipinski definition) is 4. The Morgan fingerprint density at radius 1 is 1.00 bits per heavy atom. The summed E-state index contributed by atoms with van der Waals surface area (Å²) in [6.45, 7) is 0. The van der Waals surface area contributed by atoms with E-state index in [1.807, 2.05) is 12.1 Å². The van der Waals surface area contributed by atoms with Crippen molar-refractivity contribution < 1.29 is 19.1 Å². The monoisotopic (exact) mass is 459 g/mol. The van der Waals surface area contributed by atoms with Crippen molar-refractivity contribution in [2.45, 2.75) is 0 Å². The molecule has 5 rings (SSSR count). The molecule has 10 heteroatoms. The Bertz CT molecular complexity index is 1380. The van der Waals surface area contributed by atoms with Crippen LogP contribution in [-0.2, 0) is 0 Å². The molecule has 4 aromatic rings. The molecule has 1 aliphatic rings. The van der Waals surface area contributed by atoms with Gasteiger partial charge in [-0.3, -0.25) is 20.1 Å². The molecule has 0 fully saturated rings. The second kappa shape index (κ2) is 8.24. The molecule has 3 amide bonds. The van der Waals surface area contributed by atoms with E-state index >= 15 is 0 Å². The van der Waals surface area contributed by atoms with Gasteiger partial charge in [0.1, 0.15) is 11.4 Å². The molecule has 2 aromatic heterocycles. The zero-order valence-electron chi connectivity index (χ0n) is 17.3. The van der Waals surface area contributed by atoms with E-state index in [0.29, 0.717) is 44.4 Å². The number of aromatic amines is 1. The molecule has 33 heavy (non-hydrogen) atoms. The third kappa shape index (κ3) is 3.62. The number of urea groups is 1. The highest BCUT2D eigenvalue weighted by Gasteiger charge is 2.35. The van der Waals surface area contributed by atoms with Gasteiger partial charge in [-0.25, -0.2) is 10.2 Å².